The summed E-state index contributed by atoms with van der Waals surface area (Å²) < 4.78 is 0. The fraction of sp³-hybridized carbons (Fsp3) is 0. The molecule has 8 rings (SSSR count). The predicted octanol–water partition coefficient (Wildman–Crippen LogP) is 9.43. The third-order valence-corrected chi connectivity index (χ3v) is 7.39. The largest absolute Gasteiger partial charge is 4.00 e. The molecule has 0 bridgehead atoms. The van der Waals surface area contributed by atoms with Gasteiger partial charge in [-0.25, -0.2) is 0 Å². The SMILES string of the molecule is [Ti+4].[c-]1ccccc1.[c-]1ccccc1.c1ccc([Si]c2ccccc2)cc1.c1ccc2[cH-]ccc2c1.c1ccc2[cH-]ccc2c1. The van der Waals surface area contributed by atoms with Gasteiger partial charge in [-0.15, -0.1) is 59.3 Å². The van der Waals surface area contributed by atoms with Crippen LogP contribution in [0.2, 0.25) is 0 Å². The maximum Gasteiger partial charge on any atom is 4.00 e. The first-order valence-electron chi connectivity index (χ1n) is 14.3. The minimum atomic E-state index is 0. The molecular weight excluding hydrogens is 580 g/mol. The number of benzene rings is 6. The van der Waals surface area contributed by atoms with E-state index in [1.165, 1.54) is 31.9 Å². The minimum absolute atomic E-state index is 0. The monoisotopic (exact) mass is 614 g/mol. The van der Waals surface area contributed by atoms with E-state index in [0.717, 1.165) is 9.52 Å². The summed E-state index contributed by atoms with van der Waals surface area (Å²) in [6.45, 7) is 0. The molecular formula is C42H34SiTi. The molecule has 0 fully saturated rings. The molecule has 0 nitrogen and oxygen atoms in total. The van der Waals surface area contributed by atoms with Crippen LogP contribution in [0.15, 0.2) is 206 Å². The van der Waals surface area contributed by atoms with Crippen LogP contribution in [0.25, 0.3) is 21.5 Å². The molecule has 2 radical (unpaired) electrons. The average molecular weight is 615 g/mol. The van der Waals surface area contributed by atoms with E-state index in [9.17, 15) is 0 Å². The fourth-order valence-corrected chi connectivity index (χ4v) is 5.08. The summed E-state index contributed by atoms with van der Waals surface area (Å²) in [6, 6.07) is 75.5. The van der Waals surface area contributed by atoms with E-state index >= 15 is 0 Å². The van der Waals surface area contributed by atoms with Crippen LogP contribution >= 0.6 is 0 Å². The van der Waals surface area contributed by atoms with E-state index in [-0.39, 0.29) is 21.7 Å². The summed E-state index contributed by atoms with van der Waals surface area (Å²) in [5.41, 5.74) is 0. The Morgan fingerprint density at radius 2 is 0.705 bits per heavy atom. The summed E-state index contributed by atoms with van der Waals surface area (Å²) in [4.78, 5) is 0. The molecule has 0 atom stereocenters. The van der Waals surface area contributed by atoms with Gasteiger partial charge in [0.1, 0.15) is 9.52 Å². The molecule has 8 aromatic carbocycles. The predicted molar refractivity (Wildman–Crippen MR) is 188 cm³/mol. The van der Waals surface area contributed by atoms with Crippen molar-refractivity contribution in [2.75, 3.05) is 0 Å². The van der Waals surface area contributed by atoms with Crippen LogP contribution in [0.4, 0.5) is 0 Å². The fourth-order valence-electron chi connectivity index (χ4n) is 4.03. The number of fused-ring (bicyclic) bond motifs is 2. The van der Waals surface area contributed by atoms with Gasteiger partial charge in [-0.1, -0.05) is 83.2 Å². The molecule has 0 heterocycles. The van der Waals surface area contributed by atoms with Crippen LogP contribution in [0.3, 0.4) is 0 Å². The van der Waals surface area contributed by atoms with Crippen molar-refractivity contribution in [1.82, 2.24) is 0 Å². The van der Waals surface area contributed by atoms with Crippen LogP contribution in [0.1, 0.15) is 0 Å². The first-order chi connectivity index (χ1) is 21.4. The average Bonchev–Trinajstić information content (AvgIpc) is 3.79. The molecule has 0 amide bonds. The minimum Gasteiger partial charge on any atom is -0.184 e. The van der Waals surface area contributed by atoms with Gasteiger partial charge < -0.3 is 0 Å². The van der Waals surface area contributed by atoms with Gasteiger partial charge in [-0.3, -0.25) is 0 Å². The standard InChI is InChI=1S/C12H10Si.2C9H7.2C6H5.Ti/c1-3-7-11(8-4-1)13-12-9-5-2-6-10-12;2*1-2-5-9-7-3-6-8(9)4-1;2*1-2-4-6-5-3-1;/h1-10H;2*1-7H;2*1-5H;/q;4*-1;+4. The van der Waals surface area contributed by atoms with Gasteiger partial charge in [0.05, 0.1) is 0 Å². The molecule has 0 aromatic heterocycles. The molecule has 8 aromatic rings. The van der Waals surface area contributed by atoms with E-state index < -0.39 is 0 Å². The third kappa shape index (κ3) is 13.2. The zero-order valence-corrected chi connectivity index (χ0v) is 27.2. The van der Waals surface area contributed by atoms with Crippen molar-refractivity contribution in [2.45, 2.75) is 0 Å². The Morgan fingerprint density at radius 3 is 1.02 bits per heavy atom. The van der Waals surface area contributed by atoms with Crippen molar-refractivity contribution in [1.29, 1.82) is 0 Å². The Hall–Kier alpha value is -4.53. The summed E-state index contributed by atoms with van der Waals surface area (Å²) in [5.74, 6) is 0. The first kappa shape index (κ1) is 34.0. The zero-order valence-electron chi connectivity index (χ0n) is 24.6. The third-order valence-electron chi connectivity index (χ3n) is 6.15. The summed E-state index contributed by atoms with van der Waals surface area (Å²) >= 11 is 0. The molecule has 0 saturated carbocycles. The van der Waals surface area contributed by atoms with Crippen molar-refractivity contribution >= 4 is 41.4 Å². The van der Waals surface area contributed by atoms with E-state index in [1.807, 2.05) is 60.7 Å². The van der Waals surface area contributed by atoms with Crippen LogP contribution in [-0.4, -0.2) is 9.52 Å². The van der Waals surface area contributed by atoms with Crippen molar-refractivity contribution in [3.63, 3.8) is 0 Å². The second kappa shape index (κ2) is 21.2. The molecule has 44 heavy (non-hydrogen) atoms. The van der Waals surface area contributed by atoms with Crippen LogP contribution in [0, 0.1) is 12.1 Å². The van der Waals surface area contributed by atoms with E-state index in [1.54, 1.807) is 0 Å². The van der Waals surface area contributed by atoms with E-state index in [0.29, 0.717) is 0 Å². The zero-order chi connectivity index (χ0) is 29.6. The van der Waals surface area contributed by atoms with Crippen LogP contribution < -0.4 is 10.4 Å². The van der Waals surface area contributed by atoms with Crippen molar-refractivity contribution in [3.05, 3.63) is 218 Å². The number of hydrogen-bond acceptors (Lipinski definition) is 0. The van der Waals surface area contributed by atoms with Crippen molar-refractivity contribution in [3.8, 4) is 0 Å². The molecule has 2 heteroatoms. The van der Waals surface area contributed by atoms with Crippen molar-refractivity contribution in [2.24, 2.45) is 0 Å². The molecule has 0 unspecified atom stereocenters. The summed E-state index contributed by atoms with van der Waals surface area (Å²) in [5, 5.41) is 8.12. The smallest absolute Gasteiger partial charge is 0.184 e. The van der Waals surface area contributed by atoms with E-state index in [4.69, 9.17) is 0 Å². The second-order valence-electron chi connectivity index (χ2n) is 9.32. The number of rotatable bonds is 2. The second-order valence-corrected chi connectivity index (χ2v) is 10.7. The van der Waals surface area contributed by atoms with Crippen molar-refractivity contribution < 1.29 is 21.7 Å². The maximum atomic E-state index is 2.89. The molecule has 0 aliphatic carbocycles. The topological polar surface area (TPSA) is 0 Å². The van der Waals surface area contributed by atoms with Gasteiger partial charge in [0.25, 0.3) is 0 Å². The molecule has 210 valence electrons. The van der Waals surface area contributed by atoms with Gasteiger partial charge in [0.15, 0.2) is 0 Å². The summed E-state index contributed by atoms with van der Waals surface area (Å²) in [7, 11) is 0.777. The Kier molecular flexibility index (Phi) is 16.4. The quantitative estimate of drug-likeness (QED) is 0.134. The summed E-state index contributed by atoms with van der Waals surface area (Å²) in [6.07, 6.45) is 0. The van der Waals surface area contributed by atoms with E-state index in [2.05, 4.69) is 158 Å². The molecule has 0 saturated heterocycles. The van der Waals surface area contributed by atoms with Gasteiger partial charge >= 0.3 is 21.7 Å². The van der Waals surface area contributed by atoms with Gasteiger partial charge in [-0.2, -0.15) is 108 Å². The normalized spacial score (nSPS) is 9.27. The van der Waals surface area contributed by atoms with Crippen LogP contribution in [0.5, 0.6) is 0 Å². The van der Waals surface area contributed by atoms with Crippen LogP contribution in [-0.2, 0) is 21.7 Å². The Labute approximate surface area is 280 Å². The van der Waals surface area contributed by atoms with Gasteiger partial charge in [0, 0.05) is 0 Å². The Morgan fingerprint density at radius 1 is 0.364 bits per heavy atom. The molecule has 0 spiro atoms. The first-order valence-corrected chi connectivity index (χ1v) is 15.3. The Balaban J connectivity index is 0.000000154. The maximum absolute atomic E-state index is 2.89. The molecule has 0 aliphatic rings. The molecule has 0 aliphatic heterocycles. The molecule has 0 N–H and O–H groups in total. The Bertz CT molecular complexity index is 1520. The van der Waals surface area contributed by atoms with Gasteiger partial charge in [-0.05, 0) is 0 Å². The number of hydrogen-bond donors (Lipinski definition) is 0. The van der Waals surface area contributed by atoms with Gasteiger partial charge in [0.2, 0.25) is 0 Å².